The van der Waals surface area contributed by atoms with Gasteiger partial charge in [-0.05, 0) is 37.6 Å². The van der Waals surface area contributed by atoms with E-state index >= 15 is 0 Å². The summed E-state index contributed by atoms with van der Waals surface area (Å²) in [5.74, 6) is -0.0699. The fraction of sp³-hybridized carbons (Fsp3) is 0.375. The molecule has 0 aliphatic heterocycles. The summed E-state index contributed by atoms with van der Waals surface area (Å²) in [5.41, 5.74) is 1.18. The van der Waals surface area contributed by atoms with Crippen LogP contribution in [0.4, 0.5) is 4.39 Å². The lowest BCUT2D eigenvalue weighted by Gasteiger charge is -2.17. The number of carbonyl (C=O) groups excluding carboxylic acids is 1. The third-order valence-corrected chi connectivity index (χ3v) is 3.28. The van der Waals surface area contributed by atoms with Crippen molar-refractivity contribution in [2.45, 2.75) is 25.9 Å². The Hall–Kier alpha value is -2.21. The average Bonchev–Trinajstić information content (AvgIpc) is 2.93. The van der Waals surface area contributed by atoms with Gasteiger partial charge < -0.3 is 14.4 Å². The summed E-state index contributed by atoms with van der Waals surface area (Å²) < 4.78 is 18.2. The van der Waals surface area contributed by atoms with E-state index < -0.39 is 6.10 Å². The first-order valence-electron chi connectivity index (χ1n) is 7.08. The molecule has 1 heterocycles. The zero-order valence-electron chi connectivity index (χ0n) is 12.6. The Bertz CT molecular complexity index is 623. The lowest BCUT2D eigenvalue weighted by atomic mass is 10.2. The second-order valence-corrected chi connectivity index (χ2v) is 5.28. The number of oxazole rings is 1. The van der Waals surface area contributed by atoms with Crippen LogP contribution in [-0.4, -0.2) is 40.6 Å². The number of hydrogen-bond acceptors (Lipinski definition) is 4. The van der Waals surface area contributed by atoms with Crippen molar-refractivity contribution in [1.82, 2.24) is 9.88 Å². The van der Waals surface area contributed by atoms with Crippen molar-refractivity contribution in [3.05, 3.63) is 42.0 Å². The van der Waals surface area contributed by atoms with Gasteiger partial charge in [0.2, 0.25) is 11.8 Å². The lowest BCUT2D eigenvalue weighted by Crippen LogP contribution is -2.30. The van der Waals surface area contributed by atoms with Crippen LogP contribution in [0.15, 0.2) is 34.9 Å². The van der Waals surface area contributed by atoms with Crippen molar-refractivity contribution in [3.8, 4) is 11.5 Å². The lowest BCUT2D eigenvalue weighted by molar-refractivity contribution is -0.129. The van der Waals surface area contributed by atoms with Crippen molar-refractivity contribution in [2.24, 2.45) is 0 Å². The molecule has 0 bridgehead atoms. The molecule has 0 aliphatic rings. The number of halogens is 1. The molecule has 2 rings (SSSR count). The third-order valence-electron chi connectivity index (χ3n) is 3.28. The highest BCUT2D eigenvalue weighted by atomic mass is 19.1. The number of likely N-dealkylation sites (N-methyl/N-ethyl adjacent to an activating group) is 1. The van der Waals surface area contributed by atoms with Crippen molar-refractivity contribution in [3.63, 3.8) is 0 Å². The molecular formula is C16H19FN2O3. The Balaban J connectivity index is 1.97. The highest BCUT2D eigenvalue weighted by molar-refractivity contribution is 5.78. The number of carbonyl (C=O) groups is 1. The van der Waals surface area contributed by atoms with E-state index in [0.29, 0.717) is 30.1 Å². The first-order valence-corrected chi connectivity index (χ1v) is 7.08. The van der Waals surface area contributed by atoms with Gasteiger partial charge in [0.05, 0.1) is 18.2 Å². The fourth-order valence-corrected chi connectivity index (χ4v) is 1.91. The molecule has 1 unspecified atom stereocenters. The van der Waals surface area contributed by atoms with E-state index in [1.165, 1.54) is 18.4 Å². The summed E-state index contributed by atoms with van der Waals surface area (Å²) >= 11 is 0. The zero-order chi connectivity index (χ0) is 16.1. The van der Waals surface area contributed by atoms with Crippen molar-refractivity contribution in [2.75, 3.05) is 13.6 Å². The van der Waals surface area contributed by atoms with Crippen LogP contribution >= 0.6 is 0 Å². The normalized spacial score (nSPS) is 12.2. The minimum absolute atomic E-state index is 0.0976. The van der Waals surface area contributed by atoms with Crippen LogP contribution in [-0.2, 0) is 11.2 Å². The Morgan fingerprint density at radius 1 is 1.41 bits per heavy atom. The molecule has 0 aliphatic carbocycles. The molecule has 0 saturated heterocycles. The van der Waals surface area contributed by atoms with Crippen molar-refractivity contribution in [1.29, 1.82) is 0 Å². The van der Waals surface area contributed by atoms with Crippen LogP contribution in [0.5, 0.6) is 0 Å². The van der Waals surface area contributed by atoms with Crippen molar-refractivity contribution >= 4 is 5.91 Å². The molecule has 0 saturated carbocycles. The minimum atomic E-state index is -0.438. The predicted octanol–water partition coefficient (Wildman–Crippen LogP) is 2.25. The van der Waals surface area contributed by atoms with E-state index in [2.05, 4.69) is 4.98 Å². The zero-order valence-corrected chi connectivity index (χ0v) is 12.6. The molecule has 0 radical (unpaired) electrons. The van der Waals surface area contributed by atoms with Crippen LogP contribution in [0.2, 0.25) is 0 Å². The second-order valence-electron chi connectivity index (χ2n) is 5.28. The Morgan fingerprint density at radius 3 is 2.73 bits per heavy atom. The summed E-state index contributed by atoms with van der Waals surface area (Å²) in [6.45, 7) is 2.17. The van der Waals surface area contributed by atoms with Gasteiger partial charge in [-0.1, -0.05) is 0 Å². The Labute approximate surface area is 128 Å². The Kier molecular flexibility index (Phi) is 5.27. The summed E-state index contributed by atoms with van der Waals surface area (Å²) in [6, 6.07) is 5.80. The molecule has 1 aromatic carbocycles. The van der Waals surface area contributed by atoms with Gasteiger partial charge in [0.25, 0.3) is 0 Å². The standard InChI is InChI=1S/C16H19FN2O3/c1-11(20)7-8-19(2)15(21)9-14-10-22-16(18-14)12-3-5-13(17)6-4-12/h3-6,10-11,20H,7-9H2,1-2H3. The number of rotatable bonds is 6. The first kappa shape index (κ1) is 16.2. The highest BCUT2D eigenvalue weighted by Crippen LogP contribution is 2.19. The van der Waals surface area contributed by atoms with E-state index in [-0.39, 0.29) is 18.1 Å². The second kappa shape index (κ2) is 7.17. The van der Waals surface area contributed by atoms with Gasteiger partial charge in [0.1, 0.15) is 12.1 Å². The van der Waals surface area contributed by atoms with Gasteiger partial charge in [-0.25, -0.2) is 9.37 Å². The number of nitrogens with zero attached hydrogens (tertiary/aromatic N) is 2. The quantitative estimate of drug-likeness (QED) is 0.889. The first-order chi connectivity index (χ1) is 10.5. The molecule has 2 aromatic rings. The van der Waals surface area contributed by atoms with Crippen LogP contribution in [0.3, 0.4) is 0 Å². The van der Waals surface area contributed by atoms with Gasteiger partial charge in [-0.15, -0.1) is 0 Å². The number of aliphatic hydroxyl groups is 1. The molecule has 1 amide bonds. The van der Waals surface area contributed by atoms with Gasteiger partial charge in [-0.2, -0.15) is 0 Å². The highest BCUT2D eigenvalue weighted by Gasteiger charge is 2.14. The van der Waals surface area contributed by atoms with Crippen LogP contribution in [0.1, 0.15) is 19.0 Å². The molecule has 1 atom stereocenters. The molecule has 0 fully saturated rings. The number of hydrogen-bond donors (Lipinski definition) is 1. The predicted molar refractivity (Wildman–Crippen MR) is 79.5 cm³/mol. The molecule has 22 heavy (non-hydrogen) atoms. The summed E-state index contributed by atoms with van der Waals surface area (Å²) in [4.78, 5) is 17.8. The van der Waals surface area contributed by atoms with E-state index in [9.17, 15) is 14.3 Å². The largest absolute Gasteiger partial charge is 0.444 e. The SMILES string of the molecule is CC(O)CCN(C)C(=O)Cc1coc(-c2ccc(F)cc2)n1. The molecule has 0 spiro atoms. The molecular weight excluding hydrogens is 287 g/mol. The van der Waals surface area contributed by atoms with Crippen molar-refractivity contribution < 1.29 is 18.7 Å². The van der Waals surface area contributed by atoms with Crippen LogP contribution in [0.25, 0.3) is 11.5 Å². The molecule has 118 valence electrons. The third kappa shape index (κ3) is 4.39. The maximum Gasteiger partial charge on any atom is 0.228 e. The van der Waals surface area contributed by atoms with E-state index in [1.807, 2.05) is 0 Å². The average molecular weight is 306 g/mol. The number of amides is 1. The number of aliphatic hydroxyl groups excluding tert-OH is 1. The fourth-order valence-electron chi connectivity index (χ4n) is 1.91. The summed E-state index contributed by atoms with van der Waals surface area (Å²) in [5, 5.41) is 9.23. The molecule has 5 nitrogen and oxygen atoms in total. The number of benzene rings is 1. The smallest absolute Gasteiger partial charge is 0.228 e. The number of aromatic nitrogens is 1. The van der Waals surface area contributed by atoms with Crippen LogP contribution in [0, 0.1) is 5.82 Å². The minimum Gasteiger partial charge on any atom is -0.444 e. The van der Waals surface area contributed by atoms with E-state index in [1.54, 1.807) is 31.0 Å². The van der Waals surface area contributed by atoms with Gasteiger partial charge in [0, 0.05) is 19.2 Å². The summed E-state index contributed by atoms with van der Waals surface area (Å²) in [7, 11) is 1.69. The monoisotopic (exact) mass is 306 g/mol. The van der Waals surface area contributed by atoms with Gasteiger partial charge >= 0.3 is 0 Å². The molecule has 1 aromatic heterocycles. The van der Waals surface area contributed by atoms with E-state index in [0.717, 1.165) is 0 Å². The van der Waals surface area contributed by atoms with E-state index in [4.69, 9.17) is 4.42 Å². The maximum atomic E-state index is 12.9. The molecule has 1 N–H and O–H groups in total. The van der Waals surface area contributed by atoms with Gasteiger partial charge in [-0.3, -0.25) is 4.79 Å². The molecule has 6 heteroatoms. The summed E-state index contributed by atoms with van der Waals surface area (Å²) in [6.07, 6.45) is 1.65. The Morgan fingerprint density at radius 2 is 2.09 bits per heavy atom. The van der Waals surface area contributed by atoms with Gasteiger partial charge in [0.15, 0.2) is 0 Å². The van der Waals surface area contributed by atoms with Crippen LogP contribution < -0.4 is 0 Å². The maximum absolute atomic E-state index is 12.9. The topological polar surface area (TPSA) is 66.6 Å².